The number of halogens is 1. The van der Waals surface area contributed by atoms with E-state index in [4.69, 9.17) is 16.2 Å². The zero-order valence-corrected chi connectivity index (χ0v) is 12.6. The first-order chi connectivity index (χ1) is 9.99. The van der Waals surface area contributed by atoms with Gasteiger partial charge < -0.3 is 16.2 Å². The number of carbonyl (C=O) groups excluding carboxylic acids is 2. The third-order valence-corrected chi connectivity index (χ3v) is 3.74. The summed E-state index contributed by atoms with van der Waals surface area (Å²) in [6.07, 6.45) is 0. The molecule has 0 aliphatic carbocycles. The van der Waals surface area contributed by atoms with Crippen LogP contribution in [0.3, 0.4) is 0 Å². The molecule has 1 amide bonds. The number of benzene rings is 2. The van der Waals surface area contributed by atoms with Crippen molar-refractivity contribution >= 4 is 33.5 Å². The van der Waals surface area contributed by atoms with Gasteiger partial charge in [0.25, 0.3) is 0 Å². The number of esters is 1. The van der Waals surface area contributed by atoms with Gasteiger partial charge in [-0.05, 0) is 45.8 Å². The minimum atomic E-state index is -0.498. The lowest BCUT2D eigenvalue weighted by Crippen LogP contribution is -2.11. The highest BCUT2D eigenvalue weighted by Gasteiger charge is 2.13. The highest BCUT2D eigenvalue weighted by Crippen LogP contribution is 2.24. The first-order valence-electron chi connectivity index (χ1n) is 6.09. The van der Waals surface area contributed by atoms with Gasteiger partial charge >= 0.3 is 5.97 Å². The summed E-state index contributed by atoms with van der Waals surface area (Å²) in [6.45, 7) is 0.0963. The fourth-order valence-corrected chi connectivity index (χ4v) is 2.13. The van der Waals surface area contributed by atoms with Gasteiger partial charge in [-0.1, -0.05) is 18.2 Å². The quantitative estimate of drug-likeness (QED) is 0.655. The lowest BCUT2D eigenvalue weighted by Gasteiger charge is -2.08. The van der Waals surface area contributed by atoms with E-state index in [-0.39, 0.29) is 6.61 Å². The van der Waals surface area contributed by atoms with Crippen molar-refractivity contribution in [3.8, 4) is 0 Å². The first kappa shape index (κ1) is 15.1. The molecular formula is C15H13BrN2O3. The second kappa shape index (κ2) is 6.41. The molecule has 0 aliphatic rings. The summed E-state index contributed by atoms with van der Waals surface area (Å²) in [5, 5.41) is 0. The van der Waals surface area contributed by atoms with Crippen LogP contribution in [0.4, 0.5) is 5.69 Å². The molecule has 0 saturated carbocycles. The average Bonchev–Trinajstić information content (AvgIpc) is 2.48. The van der Waals surface area contributed by atoms with Gasteiger partial charge in [0.15, 0.2) is 0 Å². The van der Waals surface area contributed by atoms with Crippen LogP contribution < -0.4 is 11.5 Å². The minimum absolute atomic E-state index is 0.0963. The number of amides is 1. The van der Waals surface area contributed by atoms with Crippen molar-refractivity contribution in [2.45, 2.75) is 6.61 Å². The monoisotopic (exact) mass is 348 g/mol. The van der Waals surface area contributed by atoms with Crippen LogP contribution in [0.1, 0.15) is 26.3 Å². The van der Waals surface area contributed by atoms with E-state index in [0.717, 1.165) is 5.56 Å². The fourth-order valence-electron chi connectivity index (χ4n) is 1.70. The van der Waals surface area contributed by atoms with Crippen molar-refractivity contribution < 1.29 is 14.3 Å². The highest BCUT2D eigenvalue weighted by atomic mass is 79.9. The summed E-state index contributed by atoms with van der Waals surface area (Å²) in [4.78, 5) is 22.9. The highest BCUT2D eigenvalue weighted by molar-refractivity contribution is 9.10. The molecule has 2 rings (SSSR count). The number of rotatable bonds is 4. The standard InChI is InChI=1S/C15H13BrN2O3/c16-13-11(2-1-3-12(13)17)15(20)21-8-9-4-6-10(7-5-9)14(18)19/h1-7H,8,17H2,(H2,18,19). The van der Waals surface area contributed by atoms with E-state index in [2.05, 4.69) is 15.9 Å². The van der Waals surface area contributed by atoms with Gasteiger partial charge in [-0.15, -0.1) is 0 Å². The predicted octanol–water partition coefficient (Wildman–Crippen LogP) is 2.49. The largest absolute Gasteiger partial charge is 0.457 e. The van der Waals surface area contributed by atoms with Crippen molar-refractivity contribution in [2.75, 3.05) is 5.73 Å². The molecule has 5 nitrogen and oxygen atoms in total. The van der Waals surface area contributed by atoms with Crippen LogP contribution in [-0.2, 0) is 11.3 Å². The average molecular weight is 349 g/mol. The number of ether oxygens (including phenoxy) is 1. The van der Waals surface area contributed by atoms with E-state index in [0.29, 0.717) is 21.3 Å². The lowest BCUT2D eigenvalue weighted by atomic mass is 10.1. The van der Waals surface area contributed by atoms with Crippen molar-refractivity contribution in [2.24, 2.45) is 5.73 Å². The fraction of sp³-hybridized carbons (Fsp3) is 0.0667. The molecule has 4 N–H and O–H groups in total. The molecule has 0 bridgehead atoms. The summed E-state index contributed by atoms with van der Waals surface area (Å²) < 4.78 is 5.72. The van der Waals surface area contributed by atoms with Gasteiger partial charge in [0, 0.05) is 11.3 Å². The Morgan fingerprint density at radius 3 is 2.38 bits per heavy atom. The SMILES string of the molecule is NC(=O)c1ccc(COC(=O)c2cccc(N)c2Br)cc1. The third kappa shape index (κ3) is 3.61. The molecule has 6 heteroatoms. The maximum Gasteiger partial charge on any atom is 0.339 e. The Labute approximate surface area is 130 Å². The van der Waals surface area contributed by atoms with Gasteiger partial charge in [0.2, 0.25) is 5.91 Å². The zero-order chi connectivity index (χ0) is 15.4. The van der Waals surface area contributed by atoms with Crippen LogP contribution in [0.15, 0.2) is 46.9 Å². The number of hydrogen-bond acceptors (Lipinski definition) is 4. The molecule has 0 heterocycles. The molecule has 21 heavy (non-hydrogen) atoms. The number of nitrogen functional groups attached to an aromatic ring is 1. The van der Waals surface area contributed by atoms with Crippen LogP contribution in [0.2, 0.25) is 0 Å². The Bertz CT molecular complexity index is 684. The number of primary amides is 1. The number of hydrogen-bond donors (Lipinski definition) is 2. The van der Waals surface area contributed by atoms with Crippen LogP contribution in [0.25, 0.3) is 0 Å². The Hall–Kier alpha value is -2.34. The van der Waals surface area contributed by atoms with E-state index in [1.807, 2.05) is 0 Å². The topological polar surface area (TPSA) is 95.4 Å². The van der Waals surface area contributed by atoms with Gasteiger partial charge in [0.1, 0.15) is 6.61 Å². The molecule has 0 aliphatic heterocycles. The predicted molar refractivity (Wildman–Crippen MR) is 82.6 cm³/mol. The van der Waals surface area contributed by atoms with Gasteiger partial charge in [-0.3, -0.25) is 4.79 Å². The van der Waals surface area contributed by atoms with E-state index < -0.39 is 11.9 Å². The van der Waals surface area contributed by atoms with Gasteiger partial charge in [0.05, 0.1) is 10.0 Å². The summed E-state index contributed by atoms with van der Waals surface area (Å²) in [7, 11) is 0. The van der Waals surface area contributed by atoms with E-state index in [1.54, 1.807) is 42.5 Å². The third-order valence-electron chi connectivity index (χ3n) is 2.86. The van der Waals surface area contributed by atoms with E-state index in [9.17, 15) is 9.59 Å². The molecular weight excluding hydrogens is 336 g/mol. The maximum absolute atomic E-state index is 12.0. The Morgan fingerprint density at radius 2 is 1.76 bits per heavy atom. The summed E-state index contributed by atoms with van der Waals surface area (Å²) in [6, 6.07) is 11.5. The molecule has 0 unspecified atom stereocenters. The van der Waals surface area contributed by atoms with Crippen LogP contribution in [0.5, 0.6) is 0 Å². The molecule has 0 fully saturated rings. The molecule has 0 aromatic heterocycles. The second-order valence-corrected chi connectivity index (χ2v) is 5.14. The van der Waals surface area contributed by atoms with Crippen LogP contribution in [0, 0.1) is 0 Å². The van der Waals surface area contributed by atoms with E-state index >= 15 is 0 Å². The molecule has 2 aromatic carbocycles. The maximum atomic E-state index is 12.0. The normalized spacial score (nSPS) is 10.1. The molecule has 108 valence electrons. The second-order valence-electron chi connectivity index (χ2n) is 4.35. The van der Waals surface area contributed by atoms with Crippen LogP contribution in [-0.4, -0.2) is 11.9 Å². The number of anilines is 1. The molecule has 2 aromatic rings. The molecule has 0 saturated heterocycles. The van der Waals surface area contributed by atoms with Crippen molar-refractivity contribution in [1.82, 2.24) is 0 Å². The number of carbonyl (C=O) groups is 2. The Balaban J connectivity index is 2.04. The van der Waals surface area contributed by atoms with Crippen molar-refractivity contribution in [3.05, 3.63) is 63.6 Å². The lowest BCUT2D eigenvalue weighted by molar-refractivity contribution is 0.0471. The minimum Gasteiger partial charge on any atom is -0.457 e. The molecule has 0 radical (unpaired) electrons. The smallest absolute Gasteiger partial charge is 0.339 e. The van der Waals surface area contributed by atoms with Crippen LogP contribution >= 0.6 is 15.9 Å². The summed E-state index contributed by atoms with van der Waals surface area (Å²) in [5.41, 5.74) is 12.9. The molecule has 0 spiro atoms. The zero-order valence-electron chi connectivity index (χ0n) is 11.0. The Morgan fingerprint density at radius 1 is 1.10 bits per heavy atom. The summed E-state index contributed by atoms with van der Waals surface area (Å²) >= 11 is 3.26. The van der Waals surface area contributed by atoms with Gasteiger partial charge in [-0.25, -0.2) is 4.79 Å². The summed E-state index contributed by atoms with van der Waals surface area (Å²) in [5.74, 6) is -0.976. The Kier molecular flexibility index (Phi) is 4.59. The number of nitrogens with two attached hydrogens (primary N) is 2. The first-order valence-corrected chi connectivity index (χ1v) is 6.88. The van der Waals surface area contributed by atoms with E-state index in [1.165, 1.54) is 0 Å². The van der Waals surface area contributed by atoms with Crippen molar-refractivity contribution in [3.63, 3.8) is 0 Å². The van der Waals surface area contributed by atoms with Crippen molar-refractivity contribution in [1.29, 1.82) is 0 Å². The van der Waals surface area contributed by atoms with Gasteiger partial charge in [-0.2, -0.15) is 0 Å². The molecule has 0 atom stereocenters.